The number of fused-ring (bicyclic) bond motifs is 3. The van der Waals surface area contributed by atoms with E-state index in [1.54, 1.807) is 0 Å². The number of pyridine rings is 3. The smallest absolute Gasteiger partial charge is 0.216 e. The molecule has 48 heavy (non-hydrogen) atoms. The molecule has 4 nitrogen and oxygen atoms in total. The zero-order valence-corrected chi connectivity index (χ0v) is 30.3. The van der Waals surface area contributed by atoms with E-state index >= 15 is 0 Å². The molecule has 1 aliphatic rings. The summed E-state index contributed by atoms with van der Waals surface area (Å²) in [4.78, 5) is 12.8. The Morgan fingerprint density at radius 2 is 1.77 bits per heavy atom. The minimum absolute atomic E-state index is 0. The van der Waals surface area contributed by atoms with Crippen molar-refractivity contribution < 1.29 is 47.8 Å². The van der Waals surface area contributed by atoms with Crippen molar-refractivity contribution in [3.63, 3.8) is 0 Å². The molecule has 1 saturated carbocycles. The summed E-state index contributed by atoms with van der Waals surface area (Å²) in [5, 5.41) is 1.61. The maximum absolute atomic E-state index is 8.90. The van der Waals surface area contributed by atoms with Crippen molar-refractivity contribution in [1.82, 2.24) is 15.0 Å². The van der Waals surface area contributed by atoms with Crippen LogP contribution in [0.25, 0.3) is 44.6 Å². The van der Waals surface area contributed by atoms with Gasteiger partial charge >= 0.3 is 0 Å². The van der Waals surface area contributed by atoms with Crippen LogP contribution in [0.1, 0.15) is 91.9 Å². The van der Waals surface area contributed by atoms with E-state index in [0.29, 0.717) is 5.39 Å². The second-order valence-electron chi connectivity index (χ2n) is 12.9. The first-order valence-electron chi connectivity index (χ1n) is 24.1. The fourth-order valence-corrected chi connectivity index (χ4v) is 7.22. The van der Waals surface area contributed by atoms with Crippen LogP contribution in [0, 0.1) is 31.8 Å². The topological polar surface area (TPSA) is 51.8 Å². The van der Waals surface area contributed by atoms with E-state index in [9.17, 15) is 0 Å². The van der Waals surface area contributed by atoms with Crippen LogP contribution in [0.4, 0.5) is 0 Å². The van der Waals surface area contributed by atoms with E-state index in [1.807, 2.05) is 36.5 Å². The minimum Gasteiger partial charge on any atom is -0.486 e. The third kappa shape index (κ3) is 7.88. The van der Waals surface area contributed by atoms with Crippen LogP contribution in [0.3, 0.4) is 0 Å². The van der Waals surface area contributed by atoms with Gasteiger partial charge in [0.1, 0.15) is 0 Å². The van der Waals surface area contributed by atoms with Crippen LogP contribution in [0.5, 0.6) is 0 Å². The van der Waals surface area contributed by atoms with Crippen molar-refractivity contribution in [2.75, 3.05) is 0 Å². The van der Waals surface area contributed by atoms with Gasteiger partial charge in [-0.3, -0.25) is 0 Å². The van der Waals surface area contributed by atoms with Gasteiger partial charge in [0.25, 0.3) is 0 Å². The molecule has 2 aromatic carbocycles. The average molecular weight is 847 g/mol. The number of benzene rings is 2. The molecule has 251 valence electrons. The van der Waals surface area contributed by atoms with E-state index in [1.165, 1.54) is 12.1 Å². The summed E-state index contributed by atoms with van der Waals surface area (Å²) >= 11 is 0. The first-order chi connectivity index (χ1) is 29.3. The Morgan fingerprint density at radius 1 is 0.938 bits per heavy atom. The summed E-state index contributed by atoms with van der Waals surface area (Å²) in [7, 11) is -1.68. The van der Waals surface area contributed by atoms with Crippen LogP contribution in [-0.2, 0) is 31.9 Å². The number of nitrogens with zero attached hydrogens (tertiary/aromatic N) is 3. The van der Waals surface area contributed by atoms with Crippen molar-refractivity contribution in [2.24, 2.45) is 5.92 Å². The Bertz CT molecular complexity index is 2610. The molecule has 4 aromatic heterocycles. The van der Waals surface area contributed by atoms with Gasteiger partial charge in [0.2, 0.25) is 5.71 Å². The molecule has 1 radical (unpaired) electrons. The van der Waals surface area contributed by atoms with Gasteiger partial charge in [-0.2, -0.15) is 0 Å². The predicted molar refractivity (Wildman–Crippen MR) is 199 cm³/mol. The van der Waals surface area contributed by atoms with E-state index in [4.69, 9.17) is 27.7 Å². The molecule has 1 aliphatic carbocycles. The fraction of sp³-hybridized carbons (Fsp3) is 0.357. The third-order valence-corrected chi connectivity index (χ3v) is 10.3. The van der Waals surface area contributed by atoms with Crippen LogP contribution in [-0.4, -0.2) is 23.0 Å². The maximum Gasteiger partial charge on any atom is 0.216 e. The van der Waals surface area contributed by atoms with Crippen LogP contribution in [0.15, 0.2) is 77.5 Å². The molecule has 0 amide bonds. The molecule has 0 atom stereocenters. The van der Waals surface area contributed by atoms with Gasteiger partial charge in [0.05, 0.1) is 13.7 Å². The Balaban J connectivity index is 0.000000271. The van der Waals surface area contributed by atoms with Crippen LogP contribution in [0.2, 0.25) is 19.6 Å². The summed E-state index contributed by atoms with van der Waals surface area (Å²) in [6.45, 7) is -9.33. The zero-order chi connectivity index (χ0) is 47.6. The van der Waals surface area contributed by atoms with Gasteiger partial charge in [-0.05, 0) is 71.2 Å². The molecule has 1 fully saturated rings. The normalized spacial score (nSPS) is 20.6. The summed E-state index contributed by atoms with van der Waals surface area (Å²) < 4.78 is 142. The van der Waals surface area contributed by atoms with E-state index < -0.39 is 70.9 Å². The van der Waals surface area contributed by atoms with Crippen molar-refractivity contribution in [2.45, 2.75) is 91.4 Å². The van der Waals surface area contributed by atoms with Crippen molar-refractivity contribution in [3.8, 4) is 22.5 Å². The van der Waals surface area contributed by atoms with E-state index in [-0.39, 0.29) is 54.0 Å². The first kappa shape index (κ1) is 19.7. The summed E-state index contributed by atoms with van der Waals surface area (Å²) in [6.07, 6.45) is 6.01. The quantitative estimate of drug-likeness (QED) is 0.128. The molecular weight excluding hydrogens is 783 g/mol. The van der Waals surface area contributed by atoms with Gasteiger partial charge in [-0.1, -0.05) is 94.5 Å². The summed E-state index contributed by atoms with van der Waals surface area (Å²) in [5.41, 5.74) is -2.55. The minimum atomic E-state index is -3.49. The Morgan fingerprint density at radius 3 is 2.48 bits per heavy atom. The van der Waals surface area contributed by atoms with Gasteiger partial charge in [-0.15, -0.1) is 54.1 Å². The second kappa shape index (κ2) is 14.6. The van der Waals surface area contributed by atoms with Gasteiger partial charge < -0.3 is 14.4 Å². The molecule has 6 aromatic rings. The zero-order valence-electron chi connectivity index (χ0n) is 43.9. The monoisotopic (exact) mass is 847 g/mol. The Labute approximate surface area is 325 Å². The maximum atomic E-state index is 8.90. The average Bonchev–Trinajstić information content (AvgIpc) is 3.85. The molecule has 0 saturated heterocycles. The Kier molecular flexibility index (Phi) is 5.97. The van der Waals surface area contributed by atoms with E-state index in [0.717, 1.165) is 72.1 Å². The SMILES string of the molecule is [2H]C([2H])([2H])c1cc2c(nc1C([2H])([2H])[2H])oc1c(-c3cc(C(C([2H])([2H])[2H])(C([2H])([2H])[2H])C([2H])([2H])[2H])ccn3)[c-]ccc12.[2H]C([2H])(c1cc(-c2[c-]cccc2)ncc1[Si](C)(C)C)C1CCCC1.[Ir]. The molecule has 6 heteroatoms. The van der Waals surface area contributed by atoms with Crippen LogP contribution >= 0.6 is 0 Å². The predicted octanol–water partition coefficient (Wildman–Crippen LogP) is 10.6. The Hall–Kier alpha value is -3.44. The van der Waals surface area contributed by atoms with Crippen LogP contribution < -0.4 is 5.19 Å². The number of hydrogen-bond donors (Lipinski definition) is 0. The van der Waals surface area contributed by atoms with Gasteiger partial charge in [-0.25, -0.2) is 4.98 Å². The second-order valence-corrected chi connectivity index (χ2v) is 17.9. The number of aromatic nitrogens is 3. The summed E-state index contributed by atoms with van der Waals surface area (Å²) in [5.74, 6) is 0.127. The molecule has 0 aliphatic heterocycles. The molecule has 7 rings (SSSR count). The molecule has 0 bridgehead atoms. The number of furan rings is 1. The van der Waals surface area contributed by atoms with Gasteiger partial charge in [0, 0.05) is 66.9 Å². The number of hydrogen-bond acceptors (Lipinski definition) is 4. The molecular formula is C42H47IrN3OSi-2. The molecule has 0 spiro atoms. The standard InChI is InChI=1S/C22H21N2O.C20H26NSi.Ir/c1-13-11-18-16-7-6-8-17(20(16)25-21(18)24-14(13)2)19-12-15(9-10-23-19)22(3,4)5;1-22(2,3)20-15-21-19(17-11-5-4-6-12-17)14-18(20)13-16-9-7-8-10-16;/h6-7,9-12H,1-5H3;4-6,11,14-16H,7-10,13H2,1-3H3;/q2*-1;/i1D3,2D3,3D3,4D3,5D3;13D2;. The summed E-state index contributed by atoms with van der Waals surface area (Å²) in [6, 6.07) is 22.0. The van der Waals surface area contributed by atoms with Crippen molar-refractivity contribution >= 4 is 35.3 Å². The molecule has 0 N–H and O–H groups in total. The first-order valence-corrected chi connectivity index (χ1v) is 19.1. The van der Waals surface area contributed by atoms with E-state index in [2.05, 4.69) is 46.7 Å². The number of aryl methyl sites for hydroxylation is 2. The van der Waals surface area contributed by atoms with Gasteiger partial charge in [0.15, 0.2) is 0 Å². The van der Waals surface area contributed by atoms with Crippen molar-refractivity contribution in [1.29, 1.82) is 0 Å². The van der Waals surface area contributed by atoms with Crippen molar-refractivity contribution in [3.05, 3.63) is 108 Å². The number of rotatable bonds is 5. The largest absolute Gasteiger partial charge is 0.486 e. The fourth-order valence-electron chi connectivity index (χ4n) is 5.82. The third-order valence-electron chi connectivity index (χ3n) is 8.29. The molecule has 0 unspecified atom stereocenters. The molecule has 4 heterocycles.